The number of hydrogen-bond acceptors (Lipinski definition) is 6. The van der Waals surface area contributed by atoms with Gasteiger partial charge in [-0.05, 0) is 48.5 Å². The van der Waals surface area contributed by atoms with E-state index in [1.54, 1.807) is 0 Å². The molecule has 0 atom stereocenters. The summed E-state index contributed by atoms with van der Waals surface area (Å²) in [7, 11) is 0. The van der Waals surface area contributed by atoms with Gasteiger partial charge in [-0.25, -0.2) is 0 Å². The summed E-state index contributed by atoms with van der Waals surface area (Å²) in [4.78, 5) is 0. The van der Waals surface area contributed by atoms with Gasteiger partial charge in [0.05, 0.1) is 22.7 Å². The first kappa shape index (κ1) is 22.2. The van der Waals surface area contributed by atoms with Gasteiger partial charge in [0.1, 0.15) is 0 Å². The van der Waals surface area contributed by atoms with Gasteiger partial charge in [-0.3, -0.25) is 10.9 Å². The fourth-order valence-corrected chi connectivity index (χ4v) is 2.69. The van der Waals surface area contributed by atoms with E-state index in [1.807, 2.05) is 121 Å². The molecular formula is C26H22N8. The van der Waals surface area contributed by atoms with Crippen molar-refractivity contribution < 1.29 is 0 Å². The van der Waals surface area contributed by atoms with E-state index in [0.29, 0.717) is 11.4 Å². The van der Waals surface area contributed by atoms with Crippen molar-refractivity contribution in [3.05, 3.63) is 121 Å². The van der Waals surface area contributed by atoms with E-state index < -0.39 is 0 Å². The van der Waals surface area contributed by atoms with E-state index in [9.17, 15) is 0 Å². The van der Waals surface area contributed by atoms with Crippen molar-refractivity contribution in [1.82, 2.24) is 0 Å². The summed E-state index contributed by atoms with van der Waals surface area (Å²) in [6.45, 7) is 0. The summed E-state index contributed by atoms with van der Waals surface area (Å²) in [5.41, 5.74) is 8.87. The van der Waals surface area contributed by atoms with Crippen LogP contribution in [0.3, 0.4) is 0 Å². The first-order chi connectivity index (χ1) is 16.9. The van der Waals surface area contributed by atoms with Crippen LogP contribution in [0.2, 0.25) is 0 Å². The Hall–Kier alpha value is -4.98. The third kappa shape index (κ3) is 7.03. The van der Waals surface area contributed by atoms with Crippen LogP contribution in [0.1, 0.15) is 0 Å². The summed E-state index contributed by atoms with van der Waals surface area (Å²) in [5, 5.41) is 26.1. The van der Waals surface area contributed by atoms with Gasteiger partial charge in [0.2, 0.25) is 11.7 Å². The van der Waals surface area contributed by atoms with Gasteiger partial charge in [-0.15, -0.1) is 30.7 Å². The summed E-state index contributed by atoms with van der Waals surface area (Å²) in [5.74, 6) is 0.298. The minimum absolute atomic E-state index is 0.149. The lowest BCUT2D eigenvalue weighted by Crippen LogP contribution is -2.13. The highest BCUT2D eigenvalue weighted by Crippen LogP contribution is 2.14. The normalized spacial score (nSPS) is 12.2. The van der Waals surface area contributed by atoms with Crippen LogP contribution in [-0.2, 0) is 0 Å². The Kier molecular flexibility index (Phi) is 7.95. The Balaban J connectivity index is 1.70. The first-order valence-corrected chi connectivity index (χ1v) is 10.6. The maximum atomic E-state index is 4.42. The molecule has 8 heteroatoms. The Bertz CT molecular complexity index is 1170. The Morgan fingerprint density at radius 3 is 1.09 bits per heavy atom. The van der Waals surface area contributed by atoms with Crippen molar-refractivity contribution in [2.45, 2.75) is 0 Å². The number of azo groups is 2. The number of hydrogen-bond donors (Lipinski definition) is 2. The van der Waals surface area contributed by atoms with Gasteiger partial charge in [0, 0.05) is 0 Å². The molecule has 0 aliphatic heterocycles. The molecule has 8 nitrogen and oxygen atoms in total. The Labute approximate surface area is 197 Å². The minimum Gasteiger partial charge on any atom is -0.276 e. The number of nitrogens with one attached hydrogen (secondary N) is 2. The number of benzene rings is 4. The van der Waals surface area contributed by atoms with Crippen LogP contribution < -0.4 is 10.9 Å². The second-order valence-corrected chi connectivity index (χ2v) is 6.90. The van der Waals surface area contributed by atoms with E-state index in [4.69, 9.17) is 0 Å². The molecule has 0 aromatic heterocycles. The molecule has 0 unspecified atom stereocenters. The molecule has 0 saturated heterocycles. The molecule has 34 heavy (non-hydrogen) atoms. The molecule has 0 aliphatic carbocycles. The molecule has 0 saturated carbocycles. The molecule has 4 aromatic rings. The summed E-state index contributed by atoms with van der Waals surface area (Å²) in [6.07, 6.45) is 0. The number of hydrazone groups is 2. The van der Waals surface area contributed by atoms with Crippen LogP contribution in [0.5, 0.6) is 0 Å². The van der Waals surface area contributed by atoms with Crippen LogP contribution in [0, 0.1) is 0 Å². The van der Waals surface area contributed by atoms with Gasteiger partial charge >= 0.3 is 0 Å². The van der Waals surface area contributed by atoms with E-state index in [2.05, 4.69) is 41.5 Å². The van der Waals surface area contributed by atoms with Crippen LogP contribution in [0.25, 0.3) is 0 Å². The largest absolute Gasteiger partial charge is 0.276 e. The zero-order valence-electron chi connectivity index (χ0n) is 18.2. The van der Waals surface area contributed by atoms with Crippen LogP contribution >= 0.6 is 0 Å². The van der Waals surface area contributed by atoms with Gasteiger partial charge in [-0.2, -0.15) is 0 Å². The standard InChI is InChI=1S/C26H22N8/c1-5-13-21(14-6-1)27-31-25(32-28-22-15-7-2-8-16-22)26(33-29-23-17-9-3-10-18-23)34-30-24-19-11-4-12-20-24/h1-20,27,29H. The maximum absolute atomic E-state index is 4.42. The fraction of sp³-hybridized carbons (Fsp3) is 0. The van der Waals surface area contributed by atoms with E-state index >= 15 is 0 Å². The maximum Gasteiger partial charge on any atom is 0.241 e. The number of rotatable bonds is 6. The molecule has 166 valence electrons. The number of nitrogens with zero attached hydrogens (tertiary/aromatic N) is 6. The highest BCUT2D eigenvalue weighted by Gasteiger charge is 2.10. The lowest BCUT2D eigenvalue weighted by molar-refractivity contribution is 1.20. The van der Waals surface area contributed by atoms with Crippen LogP contribution in [0.15, 0.2) is 152 Å². The Morgan fingerprint density at radius 2 is 0.735 bits per heavy atom. The molecule has 2 N–H and O–H groups in total. The summed E-state index contributed by atoms with van der Waals surface area (Å²) >= 11 is 0. The number of amidine groups is 2. The lowest BCUT2D eigenvalue weighted by atomic mass is 10.3. The van der Waals surface area contributed by atoms with Crippen molar-refractivity contribution in [3.8, 4) is 0 Å². The average molecular weight is 447 g/mol. The second-order valence-electron chi connectivity index (χ2n) is 6.90. The highest BCUT2D eigenvalue weighted by molar-refractivity contribution is 6.41. The fourth-order valence-electron chi connectivity index (χ4n) is 2.69. The average Bonchev–Trinajstić information content (AvgIpc) is 2.91. The SMILES string of the molecule is c1ccc(N=NC(=NNc2ccccc2)C(N=Nc2ccccc2)=NNc2ccccc2)cc1. The monoisotopic (exact) mass is 446 g/mol. The van der Waals surface area contributed by atoms with Crippen molar-refractivity contribution in [2.24, 2.45) is 30.7 Å². The van der Waals surface area contributed by atoms with E-state index in [0.717, 1.165) is 11.4 Å². The summed E-state index contributed by atoms with van der Waals surface area (Å²) < 4.78 is 0. The van der Waals surface area contributed by atoms with Crippen molar-refractivity contribution >= 4 is 34.4 Å². The lowest BCUT2D eigenvalue weighted by Gasteiger charge is -2.04. The van der Waals surface area contributed by atoms with Crippen molar-refractivity contribution in [1.29, 1.82) is 0 Å². The number of para-hydroxylation sites is 2. The topological polar surface area (TPSA) is 98.2 Å². The van der Waals surface area contributed by atoms with Crippen molar-refractivity contribution in [3.63, 3.8) is 0 Å². The molecule has 0 aliphatic rings. The third-order valence-electron chi connectivity index (χ3n) is 4.36. The molecule has 0 amide bonds. The molecule has 0 spiro atoms. The predicted octanol–water partition coefficient (Wildman–Crippen LogP) is 7.41. The molecule has 0 fully saturated rings. The molecular weight excluding hydrogens is 424 g/mol. The van der Waals surface area contributed by atoms with Crippen molar-refractivity contribution in [2.75, 3.05) is 10.9 Å². The minimum atomic E-state index is 0.149. The van der Waals surface area contributed by atoms with Gasteiger partial charge in [0.15, 0.2) is 0 Å². The quantitative estimate of drug-likeness (QED) is 0.140. The zero-order valence-corrected chi connectivity index (χ0v) is 18.2. The second kappa shape index (κ2) is 12.2. The molecule has 4 rings (SSSR count). The molecule has 0 bridgehead atoms. The van der Waals surface area contributed by atoms with Gasteiger partial charge in [0.25, 0.3) is 0 Å². The Morgan fingerprint density at radius 1 is 0.412 bits per heavy atom. The summed E-state index contributed by atoms with van der Waals surface area (Å²) in [6, 6.07) is 37.8. The first-order valence-electron chi connectivity index (χ1n) is 10.6. The predicted molar refractivity (Wildman–Crippen MR) is 137 cm³/mol. The molecule has 4 aromatic carbocycles. The van der Waals surface area contributed by atoms with Crippen LogP contribution in [-0.4, -0.2) is 11.7 Å². The van der Waals surface area contributed by atoms with E-state index in [1.165, 1.54) is 0 Å². The smallest absolute Gasteiger partial charge is 0.241 e. The van der Waals surface area contributed by atoms with Gasteiger partial charge in [-0.1, -0.05) is 72.8 Å². The van der Waals surface area contributed by atoms with Gasteiger partial charge < -0.3 is 0 Å². The van der Waals surface area contributed by atoms with Crippen LogP contribution in [0.4, 0.5) is 22.7 Å². The van der Waals surface area contributed by atoms with E-state index in [-0.39, 0.29) is 11.7 Å². The third-order valence-corrected chi connectivity index (χ3v) is 4.36. The highest BCUT2D eigenvalue weighted by atomic mass is 15.4. The molecule has 0 heterocycles. The zero-order chi connectivity index (χ0) is 23.3. The number of anilines is 2. The molecule has 0 radical (unpaired) electrons.